The Hall–Kier alpha value is -2.73. The van der Waals surface area contributed by atoms with Gasteiger partial charge in [-0.3, -0.25) is 5.10 Å². The highest BCUT2D eigenvalue weighted by Crippen LogP contribution is 2.54. The van der Waals surface area contributed by atoms with E-state index in [2.05, 4.69) is 15.2 Å². The van der Waals surface area contributed by atoms with Crippen LogP contribution in [0.1, 0.15) is 67.3 Å². The molecular formula is C27H32F2N4O4S. The molecule has 2 aromatic carbocycles. The summed E-state index contributed by atoms with van der Waals surface area (Å²) in [5.41, 5.74) is -1.84. The van der Waals surface area contributed by atoms with E-state index < -0.39 is 44.0 Å². The van der Waals surface area contributed by atoms with Crippen LogP contribution in [0.15, 0.2) is 48.8 Å². The van der Waals surface area contributed by atoms with Crippen molar-refractivity contribution >= 4 is 10.0 Å². The van der Waals surface area contributed by atoms with E-state index in [1.807, 2.05) is 6.07 Å². The Bertz CT molecular complexity index is 1390. The van der Waals surface area contributed by atoms with Gasteiger partial charge in [-0.15, -0.1) is 0 Å². The van der Waals surface area contributed by atoms with Gasteiger partial charge in [0.1, 0.15) is 29.0 Å². The summed E-state index contributed by atoms with van der Waals surface area (Å²) >= 11 is 0. The van der Waals surface area contributed by atoms with Crippen LogP contribution >= 0.6 is 0 Å². The highest BCUT2D eigenvalue weighted by atomic mass is 32.2. The second kappa shape index (κ2) is 9.78. The van der Waals surface area contributed by atoms with Crippen LogP contribution in [-0.4, -0.2) is 55.9 Å². The van der Waals surface area contributed by atoms with Crippen molar-refractivity contribution in [2.45, 2.75) is 80.9 Å². The monoisotopic (exact) mass is 546 g/mol. The molecule has 1 aromatic heterocycles. The molecule has 0 radical (unpaired) electrons. The van der Waals surface area contributed by atoms with Crippen molar-refractivity contribution in [3.05, 3.63) is 82.9 Å². The third kappa shape index (κ3) is 4.76. The van der Waals surface area contributed by atoms with Crippen LogP contribution in [0.3, 0.4) is 0 Å². The normalized spacial score (nSPS) is 30.1. The van der Waals surface area contributed by atoms with E-state index >= 15 is 8.78 Å². The molecule has 2 heterocycles. The van der Waals surface area contributed by atoms with E-state index in [0.717, 1.165) is 12.1 Å². The molecule has 2 fully saturated rings. The first-order chi connectivity index (χ1) is 17.9. The zero-order valence-corrected chi connectivity index (χ0v) is 22.1. The van der Waals surface area contributed by atoms with Crippen molar-refractivity contribution in [3.8, 4) is 0 Å². The van der Waals surface area contributed by atoms with Crippen LogP contribution in [-0.2, 0) is 28.4 Å². The number of aliphatic hydroxyl groups is 2. The number of hydrogen-bond donors (Lipinski definition) is 3. The number of nitrogens with one attached hydrogen (secondary N) is 1. The van der Waals surface area contributed by atoms with Gasteiger partial charge < -0.3 is 10.2 Å². The first kappa shape index (κ1) is 26.9. The van der Waals surface area contributed by atoms with Gasteiger partial charge in [0.15, 0.2) is 0 Å². The molecule has 38 heavy (non-hydrogen) atoms. The lowest BCUT2D eigenvalue weighted by Crippen LogP contribution is -2.59. The fraction of sp³-hybridized carbons (Fsp3) is 0.481. The summed E-state index contributed by atoms with van der Waals surface area (Å²) in [4.78, 5) is 4.01. The van der Waals surface area contributed by atoms with Crippen LogP contribution in [0.25, 0.3) is 0 Å². The smallest absolute Gasteiger partial charge is 0.221 e. The minimum Gasteiger partial charge on any atom is -0.392 e. The summed E-state index contributed by atoms with van der Waals surface area (Å²) in [5, 5.41) is 27.2. The van der Waals surface area contributed by atoms with E-state index in [1.54, 1.807) is 38.1 Å². The van der Waals surface area contributed by atoms with E-state index in [9.17, 15) is 18.6 Å². The second-order valence-corrected chi connectivity index (χ2v) is 13.1. The number of H-pyrrole nitrogens is 1. The summed E-state index contributed by atoms with van der Waals surface area (Å²) in [6, 6.07) is 10.6. The van der Waals surface area contributed by atoms with Crippen molar-refractivity contribution in [2.24, 2.45) is 0 Å². The van der Waals surface area contributed by atoms with Gasteiger partial charge in [-0.2, -0.15) is 9.40 Å². The molecule has 8 nitrogen and oxygen atoms in total. The molecule has 2 unspecified atom stereocenters. The predicted molar refractivity (Wildman–Crippen MR) is 136 cm³/mol. The van der Waals surface area contributed by atoms with Gasteiger partial charge in [-0.05, 0) is 62.8 Å². The Labute approximate surface area is 220 Å². The molecule has 1 saturated carbocycles. The number of aromatic amines is 1. The molecule has 0 spiro atoms. The minimum atomic E-state index is -3.83. The molecule has 2 aliphatic rings. The van der Waals surface area contributed by atoms with Crippen LogP contribution < -0.4 is 0 Å². The Morgan fingerprint density at radius 1 is 1.16 bits per heavy atom. The van der Waals surface area contributed by atoms with Gasteiger partial charge >= 0.3 is 0 Å². The molecule has 204 valence electrons. The number of aromatic nitrogens is 3. The van der Waals surface area contributed by atoms with Crippen molar-refractivity contribution in [1.29, 1.82) is 0 Å². The molecular weight excluding hydrogens is 514 g/mol. The zero-order chi connectivity index (χ0) is 27.3. The number of benzene rings is 2. The molecule has 3 N–H and O–H groups in total. The van der Waals surface area contributed by atoms with Gasteiger partial charge in [-0.1, -0.05) is 30.3 Å². The van der Waals surface area contributed by atoms with Gasteiger partial charge in [-0.25, -0.2) is 22.2 Å². The van der Waals surface area contributed by atoms with Crippen LogP contribution in [0.2, 0.25) is 0 Å². The van der Waals surface area contributed by atoms with Gasteiger partial charge in [0.25, 0.3) is 0 Å². The highest BCUT2D eigenvalue weighted by molar-refractivity contribution is 7.89. The molecule has 1 saturated heterocycles. The third-order valence-electron chi connectivity index (χ3n) is 8.08. The maximum Gasteiger partial charge on any atom is 0.221 e. The summed E-state index contributed by atoms with van der Waals surface area (Å²) in [6.07, 6.45) is 1.24. The maximum atomic E-state index is 15.7. The number of rotatable bonds is 7. The van der Waals surface area contributed by atoms with E-state index in [1.165, 1.54) is 10.6 Å². The average Bonchev–Trinajstić information content (AvgIpc) is 3.35. The van der Waals surface area contributed by atoms with E-state index in [4.69, 9.17) is 0 Å². The summed E-state index contributed by atoms with van der Waals surface area (Å²) in [6.45, 7) is 3.05. The van der Waals surface area contributed by atoms with Crippen molar-refractivity contribution in [1.82, 2.24) is 19.5 Å². The average molecular weight is 547 g/mol. The molecule has 1 aliphatic heterocycles. The lowest BCUT2D eigenvalue weighted by Gasteiger charge is -2.54. The molecule has 1 aliphatic carbocycles. The summed E-state index contributed by atoms with van der Waals surface area (Å²) < 4.78 is 59.6. The molecule has 11 heteroatoms. The summed E-state index contributed by atoms with van der Waals surface area (Å²) in [7, 11) is -3.83. The van der Waals surface area contributed by atoms with Crippen LogP contribution in [0, 0.1) is 11.6 Å². The van der Waals surface area contributed by atoms with Crippen molar-refractivity contribution < 1.29 is 27.4 Å². The SMILES string of the molecule is CC1CCC(c2ccccc2)S(=O)(=O)N1Cc1cc(F)c(C2([C@H](O)Cc3ncn[nH]3)CC(C)(O)C2)cc1F. The molecule has 0 amide bonds. The van der Waals surface area contributed by atoms with Gasteiger partial charge in [0.05, 0.1) is 11.7 Å². The predicted octanol–water partition coefficient (Wildman–Crippen LogP) is 3.52. The number of aliphatic hydroxyl groups excluding tert-OH is 1. The second-order valence-electron chi connectivity index (χ2n) is 11.0. The Kier molecular flexibility index (Phi) is 6.91. The highest BCUT2D eigenvalue weighted by Gasteiger charge is 2.57. The number of sulfonamides is 1. The fourth-order valence-electron chi connectivity index (χ4n) is 6.23. The van der Waals surface area contributed by atoms with E-state index in [-0.39, 0.29) is 43.0 Å². The Morgan fingerprint density at radius 2 is 1.87 bits per heavy atom. The quantitative estimate of drug-likeness (QED) is 0.417. The fourth-order valence-corrected chi connectivity index (χ4v) is 8.42. The lowest BCUT2D eigenvalue weighted by atomic mass is 9.53. The van der Waals surface area contributed by atoms with Crippen molar-refractivity contribution in [2.75, 3.05) is 0 Å². The van der Waals surface area contributed by atoms with Crippen LogP contribution in [0.5, 0.6) is 0 Å². The molecule has 5 rings (SSSR count). The minimum absolute atomic E-state index is 0.0172. The Morgan fingerprint density at radius 3 is 2.50 bits per heavy atom. The third-order valence-corrected chi connectivity index (χ3v) is 10.4. The molecule has 3 atom stereocenters. The largest absolute Gasteiger partial charge is 0.392 e. The van der Waals surface area contributed by atoms with Gasteiger partial charge in [0, 0.05) is 30.0 Å². The number of halogens is 2. The zero-order valence-electron chi connectivity index (χ0n) is 21.3. The van der Waals surface area contributed by atoms with E-state index in [0.29, 0.717) is 24.2 Å². The summed E-state index contributed by atoms with van der Waals surface area (Å²) in [5.74, 6) is -1.13. The van der Waals surface area contributed by atoms with Gasteiger partial charge in [0.2, 0.25) is 10.0 Å². The first-order valence-corrected chi connectivity index (χ1v) is 14.2. The topological polar surface area (TPSA) is 119 Å². The standard InChI is InChI=1S/C27H32F2N4O4S/c1-17-8-9-23(18-6-4-3-5-7-18)38(36,37)33(17)13-19-10-22(29)20(11-21(19)28)27(14-26(2,35)15-27)24(34)12-25-30-16-31-32-25/h3-7,10-11,16-17,23-24,34-35H,8-9,12-15H2,1-2H3,(H,30,31,32)/t17?,23?,24-,26?,27?/m1/s1. The maximum absolute atomic E-state index is 15.7. The lowest BCUT2D eigenvalue weighted by molar-refractivity contribution is -0.122. The first-order valence-electron chi connectivity index (χ1n) is 12.7. The number of nitrogens with zero attached hydrogens (tertiary/aromatic N) is 3. The molecule has 0 bridgehead atoms. The Balaban J connectivity index is 1.45. The van der Waals surface area contributed by atoms with Crippen LogP contribution in [0.4, 0.5) is 8.78 Å². The van der Waals surface area contributed by atoms with Crippen molar-refractivity contribution in [3.63, 3.8) is 0 Å². The number of hydrogen-bond acceptors (Lipinski definition) is 6. The molecule has 3 aromatic rings.